The number of hydrogen-bond donors (Lipinski definition) is 1. The van der Waals surface area contributed by atoms with Gasteiger partial charge in [0, 0.05) is 31.5 Å². The van der Waals surface area contributed by atoms with Crippen molar-refractivity contribution in [1.29, 1.82) is 5.26 Å². The molecule has 0 aromatic carbocycles. The molecule has 0 bridgehead atoms. The van der Waals surface area contributed by atoms with E-state index in [0.717, 1.165) is 0 Å². The number of alkyl halides is 3. The quantitative estimate of drug-likeness (QED) is 0.900. The van der Waals surface area contributed by atoms with Crippen molar-refractivity contribution >= 4 is 5.82 Å². The molecule has 102 valence electrons. The van der Waals surface area contributed by atoms with Crippen LogP contribution in [0.5, 0.6) is 0 Å². The standard InChI is InChI=1S/C11H12F3N5/c12-11(13,14)7-19-4-1-8(6-19)18-10-9(5-15)16-2-3-17-10/h2-3,8H,1,4,6-7H2,(H,17,18). The summed E-state index contributed by atoms with van der Waals surface area (Å²) in [6, 6.07) is 1.74. The van der Waals surface area contributed by atoms with Crippen molar-refractivity contribution in [3.05, 3.63) is 18.1 Å². The molecule has 1 unspecified atom stereocenters. The van der Waals surface area contributed by atoms with Crippen LogP contribution < -0.4 is 5.32 Å². The van der Waals surface area contributed by atoms with Crippen LogP contribution in [-0.2, 0) is 0 Å². The van der Waals surface area contributed by atoms with Gasteiger partial charge in [-0.25, -0.2) is 9.97 Å². The number of nitrogens with zero attached hydrogens (tertiary/aromatic N) is 4. The third kappa shape index (κ3) is 3.79. The number of aromatic nitrogens is 2. The van der Waals surface area contributed by atoms with E-state index in [2.05, 4.69) is 15.3 Å². The highest BCUT2D eigenvalue weighted by Gasteiger charge is 2.34. The minimum absolute atomic E-state index is 0.147. The second kappa shape index (κ2) is 5.40. The molecule has 2 rings (SSSR count). The summed E-state index contributed by atoms with van der Waals surface area (Å²) in [6.07, 6.45) is -0.767. The Labute approximate surface area is 108 Å². The highest BCUT2D eigenvalue weighted by molar-refractivity contribution is 5.47. The van der Waals surface area contributed by atoms with E-state index in [1.165, 1.54) is 17.3 Å². The Morgan fingerprint density at radius 2 is 2.16 bits per heavy atom. The van der Waals surface area contributed by atoms with Crippen molar-refractivity contribution in [2.45, 2.75) is 18.6 Å². The van der Waals surface area contributed by atoms with E-state index in [1.54, 1.807) is 0 Å². The van der Waals surface area contributed by atoms with E-state index in [-0.39, 0.29) is 18.3 Å². The van der Waals surface area contributed by atoms with Gasteiger partial charge in [0.2, 0.25) is 0 Å². The summed E-state index contributed by atoms with van der Waals surface area (Å²) >= 11 is 0. The topological polar surface area (TPSA) is 64.8 Å². The van der Waals surface area contributed by atoms with E-state index < -0.39 is 12.7 Å². The minimum Gasteiger partial charge on any atom is -0.364 e. The molecule has 19 heavy (non-hydrogen) atoms. The summed E-state index contributed by atoms with van der Waals surface area (Å²) in [4.78, 5) is 9.15. The zero-order valence-electron chi connectivity index (χ0n) is 9.98. The maximum absolute atomic E-state index is 12.3. The molecule has 1 saturated heterocycles. The molecule has 1 aliphatic heterocycles. The summed E-state index contributed by atoms with van der Waals surface area (Å²) < 4.78 is 36.8. The van der Waals surface area contributed by atoms with Crippen molar-refractivity contribution in [1.82, 2.24) is 14.9 Å². The normalized spacial score (nSPS) is 20.2. The predicted molar refractivity (Wildman–Crippen MR) is 61.3 cm³/mol. The van der Waals surface area contributed by atoms with Gasteiger partial charge in [0.15, 0.2) is 11.5 Å². The number of nitrogens with one attached hydrogen (secondary N) is 1. The molecule has 0 saturated carbocycles. The van der Waals surface area contributed by atoms with E-state index in [1.807, 2.05) is 6.07 Å². The number of halogens is 3. The minimum atomic E-state index is -4.18. The predicted octanol–water partition coefficient (Wildman–Crippen LogP) is 1.40. The second-order valence-corrected chi connectivity index (χ2v) is 4.35. The van der Waals surface area contributed by atoms with E-state index in [4.69, 9.17) is 5.26 Å². The summed E-state index contributed by atoms with van der Waals surface area (Å²) in [5.41, 5.74) is 0.150. The molecular weight excluding hydrogens is 259 g/mol. The van der Waals surface area contributed by atoms with Crippen molar-refractivity contribution in [2.75, 3.05) is 25.0 Å². The second-order valence-electron chi connectivity index (χ2n) is 4.35. The maximum atomic E-state index is 12.3. The Morgan fingerprint density at radius 3 is 2.84 bits per heavy atom. The number of hydrogen-bond acceptors (Lipinski definition) is 5. The number of anilines is 1. The van der Waals surface area contributed by atoms with Crippen LogP contribution in [0, 0.1) is 11.3 Å². The first kappa shape index (κ1) is 13.5. The summed E-state index contributed by atoms with van der Waals surface area (Å²) in [5.74, 6) is 0.323. The third-order valence-corrected chi connectivity index (χ3v) is 2.82. The van der Waals surface area contributed by atoms with E-state index >= 15 is 0 Å². The fraction of sp³-hybridized carbons (Fsp3) is 0.545. The van der Waals surface area contributed by atoms with Gasteiger partial charge in [-0.1, -0.05) is 0 Å². The van der Waals surface area contributed by atoms with Crippen LogP contribution >= 0.6 is 0 Å². The van der Waals surface area contributed by atoms with E-state index in [9.17, 15) is 13.2 Å². The largest absolute Gasteiger partial charge is 0.401 e. The number of nitriles is 1. The molecule has 2 heterocycles. The molecule has 1 aromatic heterocycles. The van der Waals surface area contributed by atoms with Crippen molar-refractivity contribution < 1.29 is 13.2 Å². The highest BCUT2D eigenvalue weighted by atomic mass is 19.4. The SMILES string of the molecule is N#Cc1nccnc1NC1CCN(CC(F)(F)F)C1. The average molecular weight is 271 g/mol. The van der Waals surface area contributed by atoms with Gasteiger partial charge in [0.05, 0.1) is 6.54 Å². The first-order valence-electron chi connectivity index (χ1n) is 5.74. The molecule has 1 aromatic rings. The van der Waals surface area contributed by atoms with Crippen LogP contribution in [0.25, 0.3) is 0 Å². The maximum Gasteiger partial charge on any atom is 0.401 e. The lowest BCUT2D eigenvalue weighted by Crippen LogP contribution is -2.34. The van der Waals surface area contributed by atoms with Crippen molar-refractivity contribution in [3.63, 3.8) is 0 Å². The molecule has 0 aliphatic carbocycles. The molecule has 1 aliphatic rings. The molecule has 1 fully saturated rings. The smallest absolute Gasteiger partial charge is 0.364 e. The van der Waals surface area contributed by atoms with Gasteiger partial charge >= 0.3 is 6.18 Å². The molecule has 8 heteroatoms. The Morgan fingerprint density at radius 1 is 1.42 bits per heavy atom. The lowest BCUT2D eigenvalue weighted by molar-refractivity contribution is -0.143. The highest BCUT2D eigenvalue weighted by Crippen LogP contribution is 2.21. The summed E-state index contributed by atoms with van der Waals surface area (Å²) in [7, 11) is 0. The molecule has 0 spiro atoms. The van der Waals surface area contributed by atoms with Crippen LogP contribution in [0.4, 0.5) is 19.0 Å². The molecular formula is C11H12F3N5. The van der Waals surface area contributed by atoms with Crippen LogP contribution in [0.2, 0.25) is 0 Å². The lowest BCUT2D eigenvalue weighted by atomic mass is 10.2. The molecule has 1 N–H and O–H groups in total. The Bertz CT molecular complexity index is 482. The Kier molecular flexibility index (Phi) is 3.85. The molecule has 1 atom stereocenters. The zero-order chi connectivity index (χ0) is 13.9. The third-order valence-electron chi connectivity index (χ3n) is 2.82. The lowest BCUT2D eigenvalue weighted by Gasteiger charge is -2.18. The van der Waals surface area contributed by atoms with Gasteiger partial charge in [-0.05, 0) is 6.42 Å². The first-order valence-corrected chi connectivity index (χ1v) is 5.74. The summed E-state index contributed by atoms with van der Waals surface area (Å²) in [5, 5.41) is 11.8. The first-order chi connectivity index (χ1) is 8.98. The van der Waals surface area contributed by atoms with Gasteiger partial charge in [-0.3, -0.25) is 4.90 Å². The number of likely N-dealkylation sites (tertiary alicyclic amines) is 1. The Hall–Kier alpha value is -1.88. The van der Waals surface area contributed by atoms with Crippen LogP contribution in [0.1, 0.15) is 12.1 Å². The molecule has 0 radical (unpaired) electrons. The van der Waals surface area contributed by atoms with Crippen LogP contribution in [0.3, 0.4) is 0 Å². The Balaban J connectivity index is 1.94. The fourth-order valence-corrected chi connectivity index (χ4v) is 2.07. The van der Waals surface area contributed by atoms with Gasteiger partial charge in [-0.2, -0.15) is 18.4 Å². The average Bonchev–Trinajstić information content (AvgIpc) is 2.75. The molecule has 5 nitrogen and oxygen atoms in total. The summed E-state index contributed by atoms with van der Waals surface area (Å²) in [6.45, 7) is -0.253. The van der Waals surface area contributed by atoms with Gasteiger partial charge in [0.1, 0.15) is 6.07 Å². The number of rotatable bonds is 3. The van der Waals surface area contributed by atoms with Gasteiger partial charge in [-0.15, -0.1) is 0 Å². The van der Waals surface area contributed by atoms with Crippen LogP contribution in [-0.4, -0.2) is 46.7 Å². The van der Waals surface area contributed by atoms with Gasteiger partial charge in [0.25, 0.3) is 0 Å². The monoisotopic (exact) mass is 271 g/mol. The fourth-order valence-electron chi connectivity index (χ4n) is 2.07. The van der Waals surface area contributed by atoms with Gasteiger partial charge < -0.3 is 5.32 Å². The zero-order valence-corrected chi connectivity index (χ0v) is 9.98. The van der Waals surface area contributed by atoms with Crippen molar-refractivity contribution in [2.24, 2.45) is 0 Å². The van der Waals surface area contributed by atoms with Crippen molar-refractivity contribution in [3.8, 4) is 6.07 Å². The van der Waals surface area contributed by atoms with E-state index in [0.29, 0.717) is 18.8 Å². The molecule has 0 amide bonds. The van der Waals surface area contributed by atoms with Crippen LogP contribution in [0.15, 0.2) is 12.4 Å².